The molecule has 1 unspecified atom stereocenters. The smallest absolute Gasteiger partial charge is 0.222 e. The van der Waals surface area contributed by atoms with Gasteiger partial charge in [0, 0.05) is 11.8 Å². The van der Waals surface area contributed by atoms with Gasteiger partial charge in [-0.25, -0.2) is 4.98 Å². The number of ether oxygens (including phenoxy) is 2. The molecule has 1 aliphatic rings. The summed E-state index contributed by atoms with van der Waals surface area (Å²) in [6, 6.07) is 9.56. The van der Waals surface area contributed by atoms with E-state index in [0.717, 1.165) is 36.0 Å². The van der Waals surface area contributed by atoms with E-state index in [1.165, 1.54) is 12.8 Å². The van der Waals surface area contributed by atoms with Crippen LogP contribution in [0.3, 0.4) is 0 Å². The number of aryl methyl sites for hydroxylation is 1. The van der Waals surface area contributed by atoms with Crippen molar-refractivity contribution < 1.29 is 9.47 Å². The van der Waals surface area contributed by atoms with Crippen molar-refractivity contribution >= 4 is 0 Å². The number of methoxy groups -OCH3 is 1. The molecule has 0 aliphatic carbocycles. The number of hydrogen-bond donors (Lipinski definition) is 1. The molecule has 5 nitrogen and oxygen atoms in total. The van der Waals surface area contributed by atoms with E-state index in [1.54, 1.807) is 7.11 Å². The third kappa shape index (κ3) is 3.54. The molecule has 1 aromatic carbocycles. The van der Waals surface area contributed by atoms with Crippen LogP contribution in [0.15, 0.2) is 30.3 Å². The summed E-state index contributed by atoms with van der Waals surface area (Å²) in [5.41, 5.74) is 0.917. The lowest BCUT2D eigenvalue weighted by molar-refractivity contribution is 0.387. The monoisotopic (exact) mass is 299 g/mol. The molecule has 0 spiro atoms. The fraction of sp³-hybridized carbons (Fsp3) is 0.412. The number of aromatic nitrogens is 2. The van der Waals surface area contributed by atoms with Gasteiger partial charge < -0.3 is 14.8 Å². The van der Waals surface area contributed by atoms with Gasteiger partial charge in [-0.15, -0.1) is 0 Å². The maximum absolute atomic E-state index is 5.86. The first-order chi connectivity index (χ1) is 10.7. The van der Waals surface area contributed by atoms with Crippen molar-refractivity contribution in [1.29, 1.82) is 0 Å². The van der Waals surface area contributed by atoms with Crippen molar-refractivity contribution in [3.05, 3.63) is 41.9 Å². The zero-order valence-corrected chi connectivity index (χ0v) is 13.0. The Bertz CT molecular complexity index is 622. The number of piperidine rings is 1. The summed E-state index contributed by atoms with van der Waals surface area (Å²) in [5, 5.41) is 3.47. The highest BCUT2D eigenvalue weighted by Crippen LogP contribution is 2.26. The summed E-state index contributed by atoms with van der Waals surface area (Å²) < 4.78 is 11.0. The topological polar surface area (TPSA) is 56.3 Å². The average Bonchev–Trinajstić information content (AvgIpc) is 2.56. The molecule has 1 saturated heterocycles. The van der Waals surface area contributed by atoms with Crippen molar-refractivity contribution in [2.24, 2.45) is 0 Å². The Morgan fingerprint density at radius 2 is 1.86 bits per heavy atom. The second-order valence-electron chi connectivity index (χ2n) is 5.49. The van der Waals surface area contributed by atoms with Crippen LogP contribution in [-0.2, 0) is 0 Å². The number of rotatable bonds is 4. The standard InChI is InChI=1S/C17H21N3O2/c1-12-11-16(22-14-8-6-13(21-2)7-9-14)20-17(19-12)15-5-3-4-10-18-15/h6-9,11,15,18H,3-5,10H2,1-2H3. The fourth-order valence-corrected chi connectivity index (χ4v) is 2.61. The van der Waals surface area contributed by atoms with Crippen LogP contribution in [0.25, 0.3) is 0 Å². The lowest BCUT2D eigenvalue weighted by Crippen LogP contribution is -2.28. The minimum absolute atomic E-state index is 0.229. The predicted molar refractivity (Wildman–Crippen MR) is 84.4 cm³/mol. The Labute approximate surface area is 130 Å². The first-order valence-corrected chi connectivity index (χ1v) is 7.65. The molecular formula is C17H21N3O2. The van der Waals surface area contributed by atoms with Crippen LogP contribution in [0, 0.1) is 6.92 Å². The van der Waals surface area contributed by atoms with Gasteiger partial charge in [-0.1, -0.05) is 6.42 Å². The number of nitrogens with zero attached hydrogens (tertiary/aromatic N) is 2. The van der Waals surface area contributed by atoms with Gasteiger partial charge >= 0.3 is 0 Å². The Kier molecular flexibility index (Phi) is 4.53. The average molecular weight is 299 g/mol. The van der Waals surface area contributed by atoms with Gasteiger partial charge in [-0.3, -0.25) is 0 Å². The zero-order valence-electron chi connectivity index (χ0n) is 13.0. The van der Waals surface area contributed by atoms with Crippen LogP contribution in [0.2, 0.25) is 0 Å². The van der Waals surface area contributed by atoms with E-state index in [4.69, 9.17) is 9.47 Å². The maximum atomic E-state index is 5.86. The van der Waals surface area contributed by atoms with Gasteiger partial charge in [-0.05, 0) is 50.6 Å². The minimum Gasteiger partial charge on any atom is -0.497 e. The van der Waals surface area contributed by atoms with Gasteiger partial charge in [0.25, 0.3) is 0 Å². The lowest BCUT2D eigenvalue weighted by atomic mass is 10.0. The first-order valence-electron chi connectivity index (χ1n) is 7.65. The van der Waals surface area contributed by atoms with Crippen molar-refractivity contribution in [2.75, 3.05) is 13.7 Å². The van der Waals surface area contributed by atoms with Gasteiger partial charge in [0.15, 0.2) is 0 Å². The number of hydrogen-bond acceptors (Lipinski definition) is 5. The molecule has 2 aromatic rings. The summed E-state index contributed by atoms with van der Waals surface area (Å²) in [4.78, 5) is 9.12. The largest absolute Gasteiger partial charge is 0.497 e. The number of nitrogens with one attached hydrogen (secondary N) is 1. The maximum Gasteiger partial charge on any atom is 0.222 e. The van der Waals surface area contributed by atoms with Crippen molar-refractivity contribution in [3.63, 3.8) is 0 Å². The molecule has 116 valence electrons. The highest BCUT2D eigenvalue weighted by atomic mass is 16.5. The third-order valence-electron chi connectivity index (χ3n) is 3.75. The summed E-state index contributed by atoms with van der Waals surface area (Å²) in [6.45, 7) is 2.99. The Morgan fingerprint density at radius 1 is 1.09 bits per heavy atom. The van der Waals surface area contributed by atoms with E-state index in [9.17, 15) is 0 Å². The Hall–Kier alpha value is -2.14. The molecular weight excluding hydrogens is 278 g/mol. The summed E-state index contributed by atoms with van der Waals surface area (Å²) in [6.07, 6.45) is 3.51. The summed E-state index contributed by atoms with van der Waals surface area (Å²) in [5.74, 6) is 2.95. The zero-order chi connectivity index (χ0) is 15.4. The van der Waals surface area contributed by atoms with Crippen LogP contribution in [0.4, 0.5) is 0 Å². The van der Waals surface area contributed by atoms with E-state index in [0.29, 0.717) is 5.88 Å². The number of benzene rings is 1. The van der Waals surface area contributed by atoms with Crippen LogP contribution < -0.4 is 14.8 Å². The summed E-state index contributed by atoms with van der Waals surface area (Å²) in [7, 11) is 1.65. The molecule has 1 aromatic heterocycles. The fourth-order valence-electron chi connectivity index (χ4n) is 2.61. The van der Waals surface area contributed by atoms with E-state index in [-0.39, 0.29) is 6.04 Å². The highest BCUT2D eigenvalue weighted by molar-refractivity contribution is 5.33. The summed E-state index contributed by atoms with van der Waals surface area (Å²) >= 11 is 0. The molecule has 1 atom stereocenters. The molecule has 0 saturated carbocycles. The molecule has 2 heterocycles. The molecule has 22 heavy (non-hydrogen) atoms. The third-order valence-corrected chi connectivity index (χ3v) is 3.75. The molecule has 0 amide bonds. The predicted octanol–water partition coefficient (Wildman–Crippen LogP) is 3.40. The minimum atomic E-state index is 0.229. The second-order valence-corrected chi connectivity index (χ2v) is 5.49. The molecule has 0 radical (unpaired) electrons. The normalized spacial score (nSPS) is 18.0. The Balaban J connectivity index is 1.79. The van der Waals surface area contributed by atoms with E-state index < -0.39 is 0 Å². The quantitative estimate of drug-likeness (QED) is 0.937. The van der Waals surface area contributed by atoms with E-state index >= 15 is 0 Å². The second kappa shape index (κ2) is 6.75. The lowest BCUT2D eigenvalue weighted by Gasteiger charge is -2.22. The SMILES string of the molecule is COc1ccc(Oc2cc(C)nc(C3CCCCN3)n2)cc1. The molecule has 1 N–H and O–H groups in total. The molecule has 5 heteroatoms. The van der Waals surface area contributed by atoms with E-state index in [1.807, 2.05) is 37.3 Å². The van der Waals surface area contributed by atoms with Gasteiger partial charge in [0.1, 0.15) is 17.3 Å². The van der Waals surface area contributed by atoms with Crippen LogP contribution in [0.5, 0.6) is 17.4 Å². The van der Waals surface area contributed by atoms with Crippen LogP contribution in [-0.4, -0.2) is 23.6 Å². The first kappa shape index (κ1) is 14.8. The molecule has 3 rings (SSSR count). The van der Waals surface area contributed by atoms with Crippen molar-refractivity contribution in [2.45, 2.75) is 32.2 Å². The Morgan fingerprint density at radius 3 is 2.55 bits per heavy atom. The molecule has 1 aliphatic heterocycles. The van der Waals surface area contributed by atoms with Gasteiger partial charge in [0.2, 0.25) is 5.88 Å². The van der Waals surface area contributed by atoms with Crippen molar-refractivity contribution in [1.82, 2.24) is 15.3 Å². The van der Waals surface area contributed by atoms with Crippen molar-refractivity contribution in [3.8, 4) is 17.4 Å². The molecule has 0 bridgehead atoms. The van der Waals surface area contributed by atoms with Gasteiger partial charge in [0.05, 0.1) is 13.2 Å². The van der Waals surface area contributed by atoms with Crippen LogP contribution in [0.1, 0.15) is 36.8 Å². The van der Waals surface area contributed by atoms with Crippen LogP contribution >= 0.6 is 0 Å². The van der Waals surface area contributed by atoms with E-state index in [2.05, 4.69) is 15.3 Å². The highest BCUT2D eigenvalue weighted by Gasteiger charge is 2.18. The van der Waals surface area contributed by atoms with Gasteiger partial charge in [-0.2, -0.15) is 4.98 Å². The molecule has 1 fully saturated rings.